The molecule has 0 heterocycles. The van der Waals surface area contributed by atoms with Gasteiger partial charge in [-0.2, -0.15) is 0 Å². The average molecular weight is 871 g/mol. The number of hydrogen-bond acceptors (Lipinski definition) is 2. The van der Waals surface area contributed by atoms with Crippen LogP contribution in [0.3, 0.4) is 0 Å². The van der Waals surface area contributed by atoms with Gasteiger partial charge in [0.2, 0.25) is 0 Å². The van der Waals surface area contributed by atoms with Crippen LogP contribution in [-0.2, 0) is 0 Å². The molecule has 1 aliphatic rings. The first-order valence-corrected chi connectivity index (χ1v) is 23.6. The molecule has 324 valence electrons. The number of rotatable bonds is 12. The molecule has 0 unspecified atom stereocenters. The fourth-order valence-electron chi connectivity index (χ4n) is 9.52. The highest BCUT2D eigenvalue weighted by Crippen LogP contribution is 2.43. The molecule has 0 aliphatic heterocycles. The number of allylic oxidation sites excluding steroid dienone is 4. The molecule has 0 aromatic heterocycles. The maximum atomic E-state index is 2.37. The van der Waals surface area contributed by atoms with E-state index in [1.54, 1.807) is 0 Å². The van der Waals surface area contributed by atoms with Crippen molar-refractivity contribution in [1.82, 2.24) is 0 Å². The summed E-state index contributed by atoms with van der Waals surface area (Å²) in [6, 6.07) is 94.1. The van der Waals surface area contributed by atoms with Gasteiger partial charge in [-0.3, -0.25) is 0 Å². The van der Waals surface area contributed by atoms with Crippen molar-refractivity contribution >= 4 is 39.7 Å². The fourth-order valence-corrected chi connectivity index (χ4v) is 9.52. The summed E-state index contributed by atoms with van der Waals surface area (Å²) in [5.41, 5.74) is 21.1. The third kappa shape index (κ3) is 8.84. The van der Waals surface area contributed by atoms with Crippen LogP contribution in [0.25, 0.3) is 61.2 Å². The van der Waals surface area contributed by atoms with E-state index >= 15 is 0 Å². The molecular formula is C66H50N2. The lowest BCUT2D eigenvalue weighted by Gasteiger charge is -2.27. The Morgan fingerprint density at radius 3 is 1.04 bits per heavy atom. The molecular weight excluding hydrogens is 821 g/mol. The molecule has 68 heavy (non-hydrogen) atoms. The second kappa shape index (κ2) is 19.4. The van der Waals surface area contributed by atoms with Crippen molar-refractivity contribution < 1.29 is 0 Å². The summed E-state index contributed by atoms with van der Waals surface area (Å²) in [7, 11) is 0. The second-order valence-electron chi connectivity index (χ2n) is 17.2. The number of para-hydroxylation sites is 2. The summed E-state index contributed by atoms with van der Waals surface area (Å²) in [6.07, 6.45) is 9.09. The number of benzene rings is 10. The van der Waals surface area contributed by atoms with E-state index in [2.05, 4.69) is 289 Å². The fraction of sp³-hybridized carbons (Fsp3) is 0.0303. The van der Waals surface area contributed by atoms with Gasteiger partial charge in [-0.1, -0.05) is 200 Å². The molecule has 0 N–H and O–H groups in total. The lowest BCUT2D eigenvalue weighted by Crippen LogP contribution is -2.10. The van der Waals surface area contributed by atoms with Crippen molar-refractivity contribution in [3.05, 3.63) is 285 Å². The highest BCUT2D eigenvalue weighted by Gasteiger charge is 2.19. The average Bonchev–Trinajstić information content (AvgIpc) is 3.43. The van der Waals surface area contributed by atoms with Gasteiger partial charge < -0.3 is 9.80 Å². The number of hydrogen-bond donors (Lipinski definition) is 0. The van der Waals surface area contributed by atoms with Crippen LogP contribution >= 0.6 is 0 Å². The van der Waals surface area contributed by atoms with Crippen molar-refractivity contribution in [2.24, 2.45) is 0 Å². The Bertz CT molecular complexity index is 3340. The van der Waals surface area contributed by atoms with Gasteiger partial charge in [-0.05, 0) is 158 Å². The highest BCUT2D eigenvalue weighted by atomic mass is 15.1. The zero-order valence-corrected chi connectivity index (χ0v) is 37.9. The van der Waals surface area contributed by atoms with Gasteiger partial charge >= 0.3 is 0 Å². The molecule has 10 aromatic rings. The molecule has 0 saturated carbocycles. The maximum absolute atomic E-state index is 2.37. The Balaban J connectivity index is 0.907. The number of anilines is 6. The van der Waals surface area contributed by atoms with Crippen LogP contribution in [0.15, 0.2) is 279 Å². The first-order valence-electron chi connectivity index (χ1n) is 23.6. The summed E-state index contributed by atoms with van der Waals surface area (Å²) in [5, 5.41) is 0. The molecule has 0 radical (unpaired) electrons. The van der Waals surface area contributed by atoms with Crippen LogP contribution in [0, 0.1) is 0 Å². The molecule has 0 atom stereocenters. The predicted molar refractivity (Wildman–Crippen MR) is 289 cm³/mol. The molecule has 2 nitrogen and oxygen atoms in total. The van der Waals surface area contributed by atoms with Gasteiger partial charge in [-0.25, -0.2) is 0 Å². The minimum Gasteiger partial charge on any atom is -0.310 e. The molecule has 1 aliphatic carbocycles. The lowest BCUT2D eigenvalue weighted by atomic mass is 9.91. The third-order valence-corrected chi connectivity index (χ3v) is 12.9. The summed E-state index contributed by atoms with van der Waals surface area (Å²) in [5.74, 6) is 0. The Kier molecular flexibility index (Phi) is 12.0. The normalized spacial score (nSPS) is 12.0. The van der Waals surface area contributed by atoms with Crippen LogP contribution < -0.4 is 9.80 Å². The third-order valence-electron chi connectivity index (χ3n) is 12.9. The Morgan fingerprint density at radius 2 is 0.603 bits per heavy atom. The minimum atomic E-state index is 1.06. The minimum absolute atomic E-state index is 1.06. The Morgan fingerprint density at radius 1 is 0.235 bits per heavy atom. The van der Waals surface area contributed by atoms with Crippen LogP contribution in [-0.4, -0.2) is 0 Å². The number of nitrogens with zero attached hydrogens (tertiary/aromatic N) is 2. The zero-order chi connectivity index (χ0) is 45.5. The molecule has 0 saturated heterocycles. The van der Waals surface area contributed by atoms with Gasteiger partial charge in [0.1, 0.15) is 0 Å². The van der Waals surface area contributed by atoms with Crippen molar-refractivity contribution in [1.29, 1.82) is 0 Å². The zero-order valence-electron chi connectivity index (χ0n) is 37.9. The van der Waals surface area contributed by atoms with E-state index in [4.69, 9.17) is 0 Å². The lowest BCUT2D eigenvalue weighted by molar-refractivity contribution is 1.04. The summed E-state index contributed by atoms with van der Waals surface area (Å²) in [4.78, 5) is 4.71. The van der Waals surface area contributed by atoms with E-state index in [0.717, 1.165) is 52.5 Å². The van der Waals surface area contributed by atoms with Gasteiger partial charge in [-0.15, -0.1) is 0 Å². The monoisotopic (exact) mass is 870 g/mol. The van der Waals surface area contributed by atoms with Crippen LogP contribution in [0.4, 0.5) is 34.1 Å². The predicted octanol–water partition coefficient (Wildman–Crippen LogP) is 18.7. The molecule has 10 aromatic carbocycles. The maximum Gasteiger partial charge on any atom is 0.0468 e. The Hall–Kier alpha value is -8.72. The van der Waals surface area contributed by atoms with E-state index in [0.29, 0.717) is 0 Å². The largest absolute Gasteiger partial charge is 0.310 e. The first-order chi connectivity index (χ1) is 33.7. The molecule has 0 fully saturated rings. The highest BCUT2D eigenvalue weighted by molar-refractivity contribution is 5.91. The van der Waals surface area contributed by atoms with Crippen molar-refractivity contribution in [2.75, 3.05) is 9.80 Å². The van der Waals surface area contributed by atoms with E-state index in [1.807, 2.05) is 0 Å². The standard InChI is InChI=1S/C66H50N2/c1-7-20-51(21-8-1)63-44-42-61(47-65(63)53-24-11-3-12-25-53)67(57-30-15-5-16-31-57)59-38-34-49(35-39-59)55-28-19-29-56(46-55)50-36-40-60(41-37-50)68(58-32-17-6-18-33-58)62-43-45-64(52-22-9-2-10-23-52)66(48-62)54-26-13-4-14-27-54/h1,3-9,11-48H,2,10H2. The smallest absolute Gasteiger partial charge is 0.0468 e. The van der Waals surface area contributed by atoms with E-state index in [9.17, 15) is 0 Å². The van der Waals surface area contributed by atoms with E-state index in [-0.39, 0.29) is 0 Å². The van der Waals surface area contributed by atoms with Crippen molar-refractivity contribution in [3.8, 4) is 55.6 Å². The SMILES string of the molecule is C1=CC(c2ccc(N(c3ccccc3)c3ccc(-c4cccc(-c5ccc(N(c6ccccc6)c6ccc(-c7ccccc7)c(-c7ccccc7)c6)cc5)c4)cc3)cc2-c2ccccc2)=CCC1. The molecule has 0 amide bonds. The molecule has 0 spiro atoms. The topological polar surface area (TPSA) is 6.48 Å². The summed E-state index contributed by atoms with van der Waals surface area (Å²) >= 11 is 0. The van der Waals surface area contributed by atoms with Crippen LogP contribution in [0.5, 0.6) is 0 Å². The van der Waals surface area contributed by atoms with Gasteiger partial charge in [0.15, 0.2) is 0 Å². The van der Waals surface area contributed by atoms with Gasteiger partial charge in [0, 0.05) is 34.1 Å². The van der Waals surface area contributed by atoms with E-state index in [1.165, 1.54) is 61.2 Å². The molecule has 0 bridgehead atoms. The quantitative estimate of drug-likeness (QED) is 0.121. The second-order valence-corrected chi connectivity index (χ2v) is 17.2. The van der Waals surface area contributed by atoms with E-state index < -0.39 is 0 Å². The summed E-state index contributed by atoms with van der Waals surface area (Å²) in [6.45, 7) is 0. The van der Waals surface area contributed by atoms with Crippen molar-refractivity contribution in [3.63, 3.8) is 0 Å². The first kappa shape index (κ1) is 41.9. The summed E-state index contributed by atoms with van der Waals surface area (Å²) < 4.78 is 0. The molecule has 2 heteroatoms. The van der Waals surface area contributed by atoms with Crippen LogP contribution in [0.1, 0.15) is 18.4 Å². The molecule has 11 rings (SSSR count). The Labute approximate surface area is 400 Å². The van der Waals surface area contributed by atoms with Crippen LogP contribution in [0.2, 0.25) is 0 Å². The van der Waals surface area contributed by atoms with Gasteiger partial charge in [0.05, 0.1) is 0 Å². The van der Waals surface area contributed by atoms with Crippen molar-refractivity contribution in [2.45, 2.75) is 12.8 Å². The van der Waals surface area contributed by atoms with Gasteiger partial charge in [0.25, 0.3) is 0 Å².